The predicted octanol–water partition coefficient (Wildman–Crippen LogP) is 5.96. The molecule has 1 amide bonds. The Kier molecular flexibility index (Phi) is 8.09. The highest BCUT2D eigenvalue weighted by atomic mass is 16.5. The molecule has 4 aromatic carbocycles. The minimum atomic E-state index is -0.357. The maximum absolute atomic E-state index is 12.3. The summed E-state index contributed by atoms with van der Waals surface area (Å²) in [5.74, 6) is 1.04. The number of nitrogens with zero attached hydrogens (tertiary/aromatic N) is 3. The van der Waals surface area contributed by atoms with Crippen molar-refractivity contribution in [2.45, 2.75) is 13.5 Å². The van der Waals surface area contributed by atoms with Gasteiger partial charge in [0.1, 0.15) is 23.8 Å². The Bertz CT molecular complexity index is 1550. The maximum Gasteiger partial charge on any atom is 0.277 e. The second-order valence-corrected chi connectivity index (χ2v) is 8.91. The molecule has 194 valence electrons. The zero-order valence-corrected chi connectivity index (χ0v) is 21.5. The van der Waals surface area contributed by atoms with Gasteiger partial charge in [-0.1, -0.05) is 60.7 Å². The Morgan fingerprint density at radius 1 is 0.872 bits per heavy atom. The quantitative estimate of drug-likeness (QED) is 0.184. The fraction of sp³-hybridized carbons (Fsp3) is 0.0938. The Morgan fingerprint density at radius 2 is 1.62 bits per heavy atom. The van der Waals surface area contributed by atoms with Crippen LogP contribution in [0.2, 0.25) is 0 Å². The standard InChI is InChI=1S/C32H28N4O3/c1-24-9-8-14-30(19-24)39-23-31(37)34-33-20-27-21-36(28-12-6-3-7-13-28)35-32(27)26-15-17-29(18-16-26)38-22-25-10-4-2-5-11-25/h2-21H,22-23H2,1H3,(H,34,37). The minimum Gasteiger partial charge on any atom is -0.489 e. The molecule has 0 radical (unpaired) electrons. The summed E-state index contributed by atoms with van der Waals surface area (Å²) in [5.41, 5.74) is 7.98. The summed E-state index contributed by atoms with van der Waals surface area (Å²) in [4.78, 5) is 12.3. The van der Waals surface area contributed by atoms with Gasteiger partial charge in [0.15, 0.2) is 6.61 Å². The number of para-hydroxylation sites is 1. The van der Waals surface area contributed by atoms with Crippen molar-refractivity contribution in [3.8, 4) is 28.4 Å². The van der Waals surface area contributed by atoms with Crippen LogP contribution in [0.15, 0.2) is 120 Å². The summed E-state index contributed by atoms with van der Waals surface area (Å²) >= 11 is 0. The van der Waals surface area contributed by atoms with Crippen molar-refractivity contribution in [2.24, 2.45) is 5.10 Å². The van der Waals surface area contributed by atoms with Crippen molar-refractivity contribution < 1.29 is 14.3 Å². The number of benzene rings is 4. The third-order valence-corrected chi connectivity index (χ3v) is 5.89. The molecule has 0 aliphatic carbocycles. The van der Waals surface area contributed by atoms with Crippen LogP contribution in [-0.2, 0) is 11.4 Å². The second-order valence-electron chi connectivity index (χ2n) is 8.91. The highest BCUT2D eigenvalue weighted by Crippen LogP contribution is 2.25. The van der Waals surface area contributed by atoms with Gasteiger partial charge in [0.05, 0.1) is 11.9 Å². The number of rotatable bonds is 10. The summed E-state index contributed by atoms with van der Waals surface area (Å²) in [7, 11) is 0. The predicted molar refractivity (Wildman–Crippen MR) is 152 cm³/mol. The molecule has 0 aliphatic heterocycles. The van der Waals surface area contributed by atoms with Gasteiger partial charge in [-0.2, -0.15) is 10.2 Å². The first-order valence-corrected chi connectivity index (χ1v) is 12.6. The van der Waals surface area contributed by atoms with Crippen molar-refractivity contribution >= 4 is 12.1 Å². The lowest BCUT2D eigenvalue weighted by atomic mass is 10.1. The molecule has 0 aliphatic rings. The smallest absolute Gasteiger partial charge is 0.277 e. The van der Waals surface area contributed by atoms with E-state index in [0.717, 1.165) is 39.4 Å². The van der Waals surface area contributed by atoms with Crippen LogP contribution in [0.4, 0.5) is 0 Å². The molecule has 1 heterocycles. The number of hydrogen-bond donors (Lipinski definition) is 1. The van der Waals surface area contributed by atoms with E-state index in [1.165, 1.54) is 0 Å². The number of hydrogen-bond acceptors (Lipinski definition) is 5. The SMILES string of the molecule is Cc1cccc(OCC(=O)NN=Cc2cn(-c3ccccc3)nc2-c2ccc(OCc3ccccc3)cc2)c1. The third kappa shape index (κ3) is 6.99. The van der Waals surface area contributed by atoms with Crippen molar-refractivity contribution in [2.75, 3.05) is 6.61 Å². The number of carbonyl (C=O) groups is 1. The van der Waals surface area contributed by atoms with E-state index in [-0.39, 0.29) is 12.5 Å². The Balaban J connectivity index is 1.29. The fourth-order valence-electron chi connectivity index (χ4n) is 3.93. The number of nitrogens with one attached hydrogen (secondary N) is 1. The van der Waals surface area contributed by atoms with Gasteiger partial charge in [-0.25, -0.2) is 10.1 Å². The molecule has 39 heavy (non-hydrogen) atoms. The number of aryl methyl sites for hydroxylation is 1. The molecular formula is C32H28N4O3. The van der Waals surface area contributed by atoms with Crippen molar-refractivity contribution in [3.05, 3.63) is 132 Å². The fourth-order valence-corrected chi connectivity index (χ4v) is 3.93. The van der Waals surface area contributed by atoms with Gasteiger partial charge in [-0.3, -0.25) is 4.79 Å². The number of aromatic nitrogens is 2. The van der Waals surface area contributed by atoms with Crippen LogP contribution in [0.5, 0.6) is 11.5 Å². The van der Waals surface area contributed by atoms with Crippen LogP contribution in [0, 0.1) is 6.92 Å². The minimum absolute atomic E-state index is 0.138. The van der Waals surface area contributed by atoms with Crippen molar-refractivity contribution in [1.29, 1.82) is 0 Å². The molecule has 1 N–H and O–H groups in total. The van der Waals surface area contributed by atoms with Crippen LogP contribution in [0.3, 0.4) is 0 Å². The molecule has 7 heteroatoms. The highest BCUT2D eigenvalue weighted by molar-refractivity contribution is 5.89. The molecule has 0 spiro atoms. The lowest BCUT2D eigenvalue weighted by Gasteiger charge is -2.07. The Morgan fingerprint density at radius 3 is 2.36 bits per heavy atom. The van der Waals surface area contributed by atoms with E-state index in [4.69, 9.17) is 14.6 Å². The molecule has 0 atom stereocenters. The molecule has 0 bridgehead atoms. The molecule has 1 aromatic heterocycles. The van der Waals surface area contributed by atoms with Crippen LogP contribution in [0.25, 0.3) is 16.9 Å². The van der Waals surface area contributed by atoms with Gasteiger partial charge in [0.25, 0.3) is 5.91 Å². The van der Waals surface area contributed by atoms with Crippen LogP contribution in [0.1, 0.15) is 16.7 Å². The van der Waals surface area contributed by atoms with Gasteiger partial charge in [0.2, 0.25) is 0 Å². The lowest BCUT2D eigenvalue weighted by molar-refractivity contribution is -0.123. The number of hydrazone groups is 1. The Labute approximate surface area is 227 Å². The zero-order valence-electron chi connectivity index (χ0n) is 21.5. The highest BCUT2D eigenvalue weighted by Gasteiger charge is 2.12. The Hall–Kier alpha value is -5.17. The van der Waals surface area contributed by atoms with Gasteiger partial charge in [-0.15, -0.1) is 0 Å². The molecule has 0 fully saturated rings. The monoisotopic (exact) mass is 516 g/mol. The molecule has 7 nitrogen and oxygen atoms in total. The van der Waals surface area contributed by atoms with Crippen molar-refractivity contribution in [1.82, 2.24) is 15.2 Å². The number of ether oxygens (including phenoxy) is 2. The number of amides is 1. The van der Waals surface area contributed by atoms with Crippen LogP contribution in [-0.4, -0.2) is 28.5 Å². The van der Waals surface area contributed by atoms with E-state index in [1.54, 1.807) is 10.9 Å². The molecule has 0 unspecified atom stereocenters. The first-order valence-electron chi connectivity index (χ1n) is 12.6. The first kappa shape index (κ1) is 25.5. The van der Waals surface area contributed by atoms with Crippen LogP contribution < -0.4 is 14.9 Å². The summed E-state index contributed by atoms with van der Waals surface area (Å²) in [6.45, 7) is 2.32. The average Bonchev–Trinajstić information content (AvgIpc) is 3.40. The molecule has 5 rings (SSSR count). The summed E-state index contributed by atoms with van der Waals surface area (Å²) in [5, 5.41) is 8.97. The van der Waals surface area contributed by atoms with Gasteiger partial charge < -0.3 is 9.47 Å². The summed E-state index contributed by atoms with van der Waals surface area (Å²) in [6.07, 6.45) is 3.47. The molecular weight excluding hydrogens is 488 g/mol. The molecule has 0 saturated heterocycles. The molecule has 5 aromatic rings. The average molecular weight is 517 g/mol. The van der Waals surface area contributed by atoms with E-state index in [9.17, 15) is 4.79 Å². The summed E-state index contributed by atoms with van der Waals surface area (Å²) < 4.78 is 13.3. The third-order valence-electron chi connectivity index (χ3n) is 5.89. The summed E-state index contributed by atoms with van der Waals surface area (Å²) in [6, 6.07) is 35.2. The molecule has 0 saturated carbocycles. The zero-order chi connectivity index (χ0) is 26.9. The maximum atomic E-state index is 12.3. The normalized spacial score (nSPS) is 10.9. The lowest BCUT2D eigenvalue weighted by Crippen LogP contribution is -2.24. The largest absolute Gasteiger partial charge is 0.489 e. The topological polar surface area (TPSA) is 77.7 Å². The van der Waals surface area contributed by atoms with Gasteiger partial charge in [0, 0.05) is 17.3 Å². The van der Waals surface area contributed by atoms with Crippen molar-refractivity contribution in [3.63, 3.8) is 0 Å². The van der Waals surface area contributed by atoms with E-state index in [2.05, 4.69) is 10.5 Å². The number of carbonyl (C=O) groups excluding carboxylic acids is 1. The van der Waals surface area contributed by atoms with Gasteiger partial charge >= 0.3 is 0 Å². The van der Waals surface area contributed by atoms with E-state index < -0.39 is 0 Å². The second kappa shape index (κ2) is 12.4. The van der Waals surface area contributed by atoms with E-state index in [0.29, 0.717) is 12.4 Å². The van der Waals surface area contributed by atoms with E-state index >= 15 is 0 Å². The van der Waals surface area contributed by atoms with E-state index in [1.807, 2.05) is 122 Å². The van der Waals surface area contributed by atoms with Gasteiger partial charge in [-0.05, 0) is 66.6 Å². The first-order chi connectivity index (χ1) is 19.1. The van der Waals surface area contributed by atoms with Crippen LogP contribution >= 0.6 is 0 Å².